The fourth-order valence-electron chi connectivity index (χ4n) is 2.26. The molecule has 2 rings (SSSR count). The first-order valence-corrected chi connectivity index (χ1v) is 6.88. The molecule has 0 bridgehead atoms. The summed E-state index contributed by atoms with van der Waals surface area (Å²) < 4.78 is 12.5. The predicted octanol–water partition coefficient (Wildman–Crippen LogP) is 1.41. The van der Waals surface area contributed by atoms with Crippen molar-refractivity contribution in [3.05, 3.63) is 30.0 Å². The van der Waals surface area contributed by atoms with Crippen LogP contribution in [-0.4, -0.2) is 41.0 Å². The molecule has 21 heavy (non-hydrogen) atoms. The number of hydrogen-bond acceptors (Lipinski definition) is 6. The molecular formula is C14H21N5O2. The molecule has 1 unspecified atom stereocenters. The van der Waals surface area contributed by atoms with Crippen molar-refractivity contribution in [2.75, 3.05) is 21.3 Å². The highest BCUT2D eigenvalue weighted by molar-refractivity contribution is 5.34. The highest BCUT2D eigenvalue weighted by Crippen LogP contribution is 2.29. The Morgan fingerprint density at radius 3 is 2.71 bits per heavy atom. The average Bonchev–Trinajstić information content (AvgIpc) is 2.92. The van der Waals surface area contributed by atoms with Gasteiger partial charge in [0.1, 0.15) is 12.0 Å². The molecule has 0 radical (unpaired) electrons. The van der Waals surface area contributed by atoms with Gasteiger partial charge >= 0.3 is 0 Å². The molecule has 0 aliphatic carbocycles. The second-order valence-corrected chi connectivity index (χ2v) is 4.53. The van der Waals surface area contributed by atoms with Gasteiger partial charge in [-0.25, -0.2) is 9.97 Å². The molecule has 7 nitrogen and oxygen atoms in total. The lowest BCUT2D eigenvalue weighted by Crippen LogP contribution is -2.23. The van der Waals surface area contributed by atoms with Gasteiger partial charge in [0, 0.05) is 12.6 Å². The number of aromatic nitrogens is 4. The van der Waals surface area contributed by atoms with Gasteiger partial charge in [-0.3, -0.25) is 4.68 Å². The van der Waals surface area contributed by atoms with Crippen LogP contribution >= 0.6 is 0 Å². The monoisotopic (exact) mass is 291 g/mol. The number of aryl methyl sites for hydroxylation is 1. The van der Waals surface area contributed by atoms with Crippen molar-refractivity contribution < 1.29 is 9.47 Å². The second-order valence-electron chi connectivity index (χ2n) is 4.53. The number of rotatable bonds is 7. The van der Waals surface area contributed by atoms with E-state index >= 15 is 0 Å². The summed E-state index contributed by atoms with van der Waals surface area (Å²) in [4.78, 5) is 8.38. The van der Waals surface area contributed by atoms with E-state index in [9.17, 15) is 0 Å². The highest BCUT2D eigenvalue weighted by Gasteiger charge is 2.23. The zero-order valence-corrected chi connectivity index (χ0v) is 12.8. The van der Waals surface area contributed by atoms with E-state index in [1.54, 1.807) is 20.4 Å². The SMILES string of the molecule is CCCn1ncc(OC)c1C(NC)c1cc(OC)ncn1. The van der Waals surface area contributed by atoms with Crippen molar-refractivity contribution in [3.63, 3.8) is 0 Å². The Balaban J connectivity index is 2.47. The van der Waals surface area contributed by atoms with E-state index in [4.69, 9.17) is 9.47 Å². The molecule has 0 saturated carbocycles. The minimum Gasteiger partial charge on any atom is -0.493 e. The lowest BCUT2D eigenvalue weighted by molar-refractivity contribution is 0.391. The normalized spacial score (nSPS) is 12.2. The minimum atomic E-state index is -0.147. The number of ether oxygens (including phenoxy) is 2. The van der Waals surface area contributed by atoms with E-state index in [0.29, 0.717) is 5.88 Å². The van der Waals surface area contributed by atoms with Crippen LogP contribution in [-0.2, 0) is 6.54 Å². The van der Waals surface area contributed by atoms with Crippen LogP contribution in [0.5, 0.6) is 11.6 Å². The van der Waals surface area contributed by atoms with Gasteiger partial charge in [0.15, 0.2) is 5.75 Å². The molecule has 0 aromatic carbocycles. The van der Waals surface area contributed by atoms with E-state index < -0.39 is 0 Å². The molecule has 0 spiro atoms. The van der Waals surface area contributed by atoms with Crippen molar-refractivity contribution in [2.24, 2.45) is 0 Å². The first-order valence-electron chi connectivity index (χ1n) is 6.88. The fourth-order valence-corrected chi connectivity index (χ4v) is 2.26. The standard InChI is InChI=1S/C14H21N5O2/c1-5-6-19-14(11(20-3)8-18-19)13(15-2)10-7-12(21-4)17-9-16-10/h7-9,13,15H,5-6H2,1-4H3. The lowest BCUT2D eigenvalue weighted by atomic mass is 10.1. The Kier molecular flexibility index (Phi) is 5.10. The average molecular weight is 291 g/mol. The molecule has 114 valence electrons. The van der Waals surface area contributed by atoms with Gasteiger partial charge < -0.3 is 14.8 Å². The zero-order valence-electron chi connectivity index (χ0n) is 12.8. The smallest absolute Gasteiger partial charge is 0.216 e. The fraction of sp³-hybridized carbons (Fsp3) is 0.500. The largest absolute Gasteiger partial charge is 0.493 e. The van der Waals surface area contributed by atoms with E-state index in [1.807, 2.05) is 17.8 Å². The van der Waals surface area contributed by atoms with Crippen molar-refractivity contribution in [1.29, 1.82) is 0 Å². The van der Waals surface area contributed by atoms with Crippen LogP contribution in [0.25, 0.3) is 0 Å². The maximum Gasteiger partial charge on any atom is 0.216 e. The van der Waals surface area contributed by atoms with Crippen LogP contribution in [0.3, 0.4) is 0 Å². The van der Waals surface area contributed by atoms with Crippen LogP contribution < -0.4 is 14.8 Å². The molecule has 2 aromatic heterocycles. The van der Waals surface area contributed by atoms with Gasteiger partial charge in [0.25, 0.3) is 0 Å². The molecule has 0 aliphatic rings. The zero-order chi connectivity index (χ0) is 15.2. The van der Waals surface area contributed by atoms with E-state index in [1.165, 1.54) is 6.33 Å². The van der Waals surface area contributed by atoms with Crippen molar-refractivity contribution in [1.82, 2.24) is 25.1 Å². The summed E-state index contributed by atoms with van der Waals surface area (Å²) >= 11 is 0. The molecule has 0 saturated heterocycles. The number of nitrogens with zero attached hydrogens (tertiary/aromatic N) is 4. The number of hydrogen-bond donors (Lipinski definition) is 1. The summed E-state index contributed by atoms with van der Waals surface area (Å²) in [6.45, 7) is 2.93. The Bertz CT molecular complexity index is 584. The van der Waals surface area contributed by atoms with E-state index in [0.717, 1.165) is 30.1 Å². The summed E-state index contributed by atoms with van der Waals surface area (Å²) in [6, 6.07) is 1.66. The van der Waals surface area contributed by atoms with Crippen LogP contribution in [0.1, 0.15) is 30.8 Å². The van der Waals surface area contributed by atoms with Crippen molar-refractivity contribution in [2.45, 2.75) is 25.9 Å². The Hall–Kier alpha value is -2.15. The third-order valence-electron chi connectivity index (χ3n) is 3.23. The van der Waals surface area contributed by atoms with Gasteiger partial charge in [-0.1, -0.05) is 6.92 Å². The molecule has 2 heterocycles. The summed E-state index contributed by atoms with van der Waals surface area (Å²) in [6.07, 6.45) is 4.21. The minimum absolute atomic E-state index is 0.147. The Morgan fingerprint density at radius 2 is 2.10 bits per heavy atom. The Labute approximate surface area is 124 Å². The van der Waals surface area contributed by atoms with Gasteiger partial charge in [0.05, 0.1) is 32.2 Å². The maximum absolute atomic E-state index is 5.44. The van der Waals surface area contributed by atoms with Crippen molar-refractivity contribution in [3.8, 4) is 11.6 Å². The molecule has 7 heteroatoms. The van der Waals surface area contributed by atoms with Crippen LogP contribution in [0.2, 0.25) is 0 Å². The predicted molar refractivity (Wildman–Crippen MR) is 78.6 cm³/mol. The molecule has 0 fully saturated rings. The summed E-state index contributed by atoms with van der Waals surface area (Å²) in [5, 5.41) is 7.65. The molecule has 2 aromatic rings. The molecular weight excluding hydrogens is 270 g/mol. The first-order chi connectivity index (χ1) is 10.2. The quantitative estimate of drug-likeness (QED) is 0.831. The summed E-state index contributed by atoms with van der Waals surface area (Å²) in [5.74, 6) is 1.26. The van der Waals surface area contributed by atoms with Crippen molar-refractivity contribution >= 4 is 0 Å². The molecule has 0 aliphatic heterocycles. The van der Waals surface area contributed by atoms with Crippen LogP contribution in [0.4, 0.5) is 0 Å². The third kappa shape index (κ3) is 3.13. The molecule has 1 atom stereocenters. The van der Waals surface area contributed by atoms with Gasteiger partial charge in [0.2, 0.25) is 5.88 Å². The van der Waals surface area contributed by atoms with E-state index in [2.05, 4.69) is 27.3 Å². The van der Waals surface area contributed by atoms with Gasteiger partial charge in [-0.15, -0.1) is 0 Å². The second kappa shape index (κ2) is 7.03. The number of nitrogens with one attached hydrogen (secondary N) is 1. The first kappa shape index (κ1) is 15.2. The van der Waals surface area contributed by atoms with Gasteiger partial charge in [-0.05, 0) is 13.5 Å². The van der Waals surface area contributed by atoms with Gasteiger partial charge in [-0.2, -0.15) is 5.10 Å². The molecule has 0 amide bonds. The maximum atomic E-state index is 5.44. The molecule has 1 N–H and O–H groups in total. The highest BCUT2D eigenvalue weighted by atomic mass is 16.5. The topological polar surface area (TPSA) is 74.1 Å². The van der Waals surface area contributed by atoms with E-state index in [-0.39, 0.29) is 6.04 Å². The summed E-state index contributed by atoms with van der Waals surface area (Å²) in [5.41, 5.74) is 1.75. The van der Waals surface area contributed by atoms with Crippen LogP contribution in [0, 0.1) is 0 Å². The lowest BCUT2D eigenvalue weighted by Gasteiger charge is -2.19. The third-order valence-corrected chi connectivity index (χ3v) is 3.23. The Morgan fingerprint density at radius 1 is 1.29 bits per heavy atom. The summed E-state index contributed by atoms with van der Waals surface area (Å²) in [7, 11) is 5.11. The van der Waals surface area contributed by atoms with Crippen LogP contribution in [0.15, 0.2) is 18.6 Å². The number of methoxy groups -OCH3 is 2.